The second-order valence-corrected chi connectivity index (χ2v) is 2.18. The lowest BCUT2D eigenvalue weighted by atomic mass is 10.3. The molecule has 0 aliphatic carbocycles. The molecular formula is C8H8N2O. The van der Waals surface area contributed by atoms with Crippen LogP contribution in [-0.4, -0.2) is 11.1 Å². The van der Waals surface area contributed by atoms with Crippen LogP contribution < -0.4 is 0 Å². The summed E-state index contributed by atoms with van der Waals surface area (Å²) in [6, 6.07) is 5.61. The summed E-state index contributed by atoms with van der Waals surface area (Å²) < 4.78 is 0. The number of nitrogens with zero attached hydrogens (tertiary/aromatic N) is 2. The first-order chi connectivity index (χ1) is 5.33. The Morgan fingerprint density at radius 1 is 1.64 bits per heavy atom. The van der Waals surface area contributed by atoms with Crippen LogP contribution in [0.15, 0.2) is 23.2 Å². The van der Waals surface area contributed by atoms with Gasteiger partial charge in [-0.15, -0.1) is 0 Å². The minimum Gasteiger partial charge on any atom is -0.256 e. The van der Waals surface area contributed by atoms with Gasteiger partial charge in [0.05, 0.1) is 12.2 Å². The van der Waals surface area contributed by atoms with Gasteiger partial charge in [-0.1, -0.05) is 6.07 Å². The second kappa shape index (κ2) is 3.64. The largest absolute Gasteiger partial charge is 0.256 e. The Morgan fingerprint density at radius 2 is 2.45 bits per heavy atom. The van der Waals surface area contributed by atoms with Gasteiger partial charge in [0.2, 0.25) is 6.08 Å². The number of aryl methyl sites for hydroxylation is 1. The van der Waals surface area contributed by atoms with E-state index in [2.05, 4.69) is 9.98 Å². The number of aromatic nitrogens is 1. The number of rotatable bonds is 2. The van der Waals surface area contributed by atoms with Crippen LogP contribution >= 0.6 is 0 Å². The molecule has 1 aromatic heterocycles. The van der Waals surface area contributed by atoms with Crippen molar-refractivity contribution >= 4 is 6.08 Å². The zero-order valence-electron chi connectivity index (χ0n) is 6.24. The monoisotopic (exact) mass is 148 g/mol. The molecule has 1 rings (SSSR count). The Morgan fingerprint density at radius 3 is 3.09 bits per heavy atom. The summed E-state index contributed by atoms with van der Waals surface area (Å²) >= 11 is 0. The Bertz CT molecular complexity index is 290. The van der Waals surface area contributed by atoms with Crippen molar-refractivity contribution in [3.63, 3.8) is 0 Å². The van der Waals surface area contributed by atoms with E-state index in [0.29, 0.717) is 6.54 Å². The van der Waals surface area contributed by atoms with E-state index in [9.17, 15) is 4.79 Å². The van der Waals surface area contributed by atoms with Gasteiger partial charge >= 0.3 is 0 Å². The van der Waals surface area contributed by atoms with Crippen molar-refractivity contribution in [1.29, 1.82) is 0 Å². The van der Waals surface area contributed by atoms with Crippen molar-refractivity contribution < 1.29 is 4.79 Å². The van der Waals surface area contributed by atoms with Crippen molar-refractivity contribution in [3.05, 3.63) is 29.6 Å². The lowest BCUT2D eigenvalue weighted by Gasteiger charge is -1.94. The van der Waals surface area contributed by atoms with Gasteiger partial charge in [0.25, 0.3) is 0 Å². The fraction of sp³-hybridized carbons (Fsp3) is 0.250. The topological polar surface area (TPSA) is 42.3 Å². The summed E-state index contributed by atoms with van der Waals surface area (Å²) in [5.41, 5.74) is 1.73. The van der Waals surface area contributed by atoms with Gasteiger partial charge in [0, 0.05) is 5.69 Å². The average Bonchev–Trinajstić information content (AvgIpc) is 2.01. The van der Waals surface area contributed by atoms with E-state index in [-0.39, 0.29) is 0 Å². The SMILES string of the molecule is Cc1cccc(CN=C=O)n1. The Balaban J connectivity index is 2.79. The molecule has 11 heavy (non-hydrogen) atoms. The first-order valence-electron chi connectivity index (χ1n) is 3.29. The van der Waals surface area contributed by atoms with Crippen molar-refractivity contribution in [2.24, 2.45) is 4.99 Å². The molecule has 0 saturated carbocycles. The summed E-state index contributed by atoms with van der Waals surface area (Å²) in [4.78, 5) is 17.3. The number of pyridine rings is 1. The van der Waals surface area contributed by atoms with Gasteiger partial charge in [0.1, 0.15) is 0 Å². The maximum absolute atomic E-state index is 9.74. The van der Waals surface area contributed by atoms with E-state index in [1.165, 1.54) is 6.08 Å². The third-order valence-corrected chi connectivity index (χ3v) is 1.25. The average molecular weight is 148 g/mol. The molecule has 56 valence electrons. The van der Waals surface area contributed by atoms with E-state index < -0.39 is 0 Å². The molecule has 0 amide bonds. The summed E-state index contributed by atoms with van der Waals surface area (Å²) in [6.07, 6.45) is 1.47. The molecule has 0 aromatic carbocycles. The predicted octanol–water partition coefficient (Wildman–Crippen LogP) is 1.23. The Labute approximate surface area is 64.8 Å². The number of carbonyl (C=O) groups excluding carboxylic acids is 1. The number of hydrogen-bond acceptors (Lipinski definition) is 3. The maximum atomic E-state index is 9.74. The molecule has 0 atom stereocenters. The first-order valence-corrected chi connectivity index (χ1v) is 3.29. The summed E-state index contributed by atoms with van der Waals surface area (Å²) in [5, 5.41) is 0. The number of hydrogen-bond donors (Lipinski definition) is 0. The highest BCUT2D eigenvalue weighted by atomic mass is 16.1. The Kier molecular flexibility index (Phi) is 2.53. The smallest absolute Gasteiger partial charge is 0.235 e. The second-order valence-electron chi connectivity index (χ2n) is 2.18. The lowest BCUT2D eigenvalue weighted by molar-refractivity contribution is 0.562. The zero-order chi connectivity index (χ0) is 8.10. The van der Waals surface area contributed by atoms with Crippen LogP contribution in [0.4, 0.5) is 0 Å². The molecular weight excluding hydrogens is 140 g/mol. The molecule has 1 aromatic rings. The van der Waals surface area contributed by atoms with Gasteiger partial charge < -0.3 is 0 Å². The third-order valence-electron chi connectivity index (χ3n) is 1.25. The Hall–Kier alpha value is -1.47. The molecule has 0 aliphatic heterocycles. The van der Waals surface area contributed by atoms with Crippen LogP contribution in [0.3, 0.4) is 0 Å². The quantitative estimate of drug-likeness (QED) is 0.467. The molecule has 0 radical (unpaired) electrons. The first kappa shape index (κ1) is 7.63. The molecule has 3 heteroatoms. The standard InChI is InChI=1S/C8H8N2O/c1-7-3-2-4-8(10-7)5-9-6-11/h2-4H,5H2,1H3. The van der Waals surface area contributed by atoms with Crippen molar-refractivity contribution in [3.8, 4) is 0 Å². The lowest BCUT2D eigenvalue weighted by Crippen LogP contribution is -1.88. The highest BCUT2D eigenvalue weighted by molar-refractivity contribution is 5.33. The normalized spacial score (nSPS) is 8.82. The van der Waals surface area contributed by atoms with E-state index in [1.807, 2.05) is 25.1 Å². The van der Waals surface area contributed by atoms with Crippen LogP contribution in [0.5, 0.6) is 0 Å². The molecule has 0 bridgehead atoms. The molecule has 0 unspecified atom stereocenters. The molecule has 0 saturated heterocycles. The predicted molar refractivity (Wildman–Crippen MR) is 40.8 cm³/mol. The minimum absolute atomic E-state index is 0.325. The van der Waals surface area contributed by atoms with Gasteiger partial charge in [0.15, 0.2) is 0 Å². The van der Waals surface area contributed by atoms with Crippen LogP contribution in [0, 0.1) is 6.92 Å². The number of isocyanates is 1. The third kappa shape index (κ3) is 2.32. The van der Waals surface area contributed by atoms with Crippen LogP contribution in [0.2, 0.25) is 0 Å². The van der Waals surface area contributed by atoms with Crippen molar-refractivity contribution in [2.75, 3.05) is 0 Å². The van der Waals surface area contributed by atoms with E-state index >= 15 is 0 Å². The van der Waals surface area contributed by atoms with Gasteiger partial charge in [-0.25, -0.2) is 4.79 Å². The van der Waals surface area contributed by atoms with Crippen LogP contribution in [0.25, 0.3) is 0 Å². The van der Waals surface area contributed by atoms with Crippen LogP contribution in [0.1, 0.15) is 11.4 Å². The van der Waals surface area contributed by atoms with E-state index in [1.54, 1.807) is 0 Å². The molecule has 0 spiro atoms. The minimum atomic E-state index is 0.325. The maximum Gasteiger partial charge on any atom is 0.235 e. The van der Waals surface area contributed by atoms with Crippen LogP contribution in [-0.2, 0) is 11.3 Å². The highest BCUT2D eigenvalue weighted by Crippen LogP contribution is 1.98. The highest BCUT2D eigenvalue weighted by Gasteiger charge is 1.90. The molecule has 3 nitrogen and oxygen atoms in total. The van der Waals surface area contributed by atoms with Gasteiger partial charge in [-0.2, -0.15) is 4.99 Å². The molecule has 0 fully saturated rings. The van der Waals surface area contributed by atoms with Crippen molar-refractivity contribution in [1.82, 2.24) is 4.98 Å². The fourth-order valence-corrected chi connectivity index (χ4v) is 0.801. The van der Waals surface area contributed by atoms with Crippen molar-refractivity contribution in [2.45, 2.75) is 13.5 Å². The van der Waals surface area contributed by atoms with E-state index in [4.69, 9.17) is 0 Å². The number of aliphatic imine (C=N–C) groups is 1. The van der Waals surface area contributed by atoms with E-state index in [0.717, 1.165) is 11.4 Å². The fourth-order valence-electron chi connectivity index (χ4n) is 0.801. The summed E-state index contributed by atoms with van der Waals surface area (Å²) in [5.74, 6) is 0. The summed E-state index contributed by atoms with van der Waals surface area (Å²) in [6.45, 7) is 2.22. The summed E-state index contributed by atoms with van der Waals surface area (Å²) in [7, 11) is 0. The van der Waals surface area contributed by atoms with Gasteiger partial charge in [-0.05, 0) is 19.1 Å². The van der Waals surface area contributed by atoms with Gasteiger partial charge in [-0.3, -0.25) is 4.98 Å². The molecule has 1 heterocycles. The zero-order valence-corrected chi connectivity index (χ0v) is 6.24. The molecule has 0 N–H and O–H groups in total. The molecule has 0 aliphatic rings.